The van der Waals surface area contributed by atoms with E-state index in [1.807, 2.05) is 0 Å². The van der Waals surface area contributed by atoms with Crippen molar-refractivity contribution in [2.24, 2.45) is 5.73 Å². The number of amides is 3. The van der Waals surface area contributed by atoms with Gasteiger partial charge in [-0.1, -0.05) is 11.6 Å². The van der Waals surface area contributed by atoms with E-state index in [2.05, 4.69) is 5.32 Å². The van der Waals surface area contributed by atoms with Crippen molar-refractivity contribution in [2.75, 3.05) is 18.0 Å². The lowest BCUT2D eigenvalue weighted by Gasteiger charge is -2.22. The van der Waals surface area contributed by atoms with E-state index < -0.39 is 29.1 Å². The summed E-state index contributed by atoms with van der Waals surface area (Å²) in [6.07, 6.45) is 0.201. The van der Waals surface area contributed by atoms with Crippen molar-refractivity contribution >= 4 is 35.0 Å². The summed E-state index contributed by atoms with van der Waals surface area (Å²) < 4.78 is 13.4. The van der Waals surface area contributed by atoms with Crippen LogP contribution in [0.2, 0.25) is 5.02 Å². The zero-order valence-corrected chi connectivity index (χ0v) is 16.1. The van der Waals surface area contributed by atoms with Crippen LogP contribution in [-0.2, 0) is 16.0 Å². The second-order valence-electron chi connectivity index (χ2n) is 6.76. The minimum atomic E-state index is -2.19. The van der Waals surface area contributed by atoms with Crippen LogP contribution in [0.1, 0.15) is 22.3 Å². The molecular formula is C20H19ClFN3O4. The molecule has 0 aromatic heterocycles. The number of rotatable bonds is 6. The van der Waals surface area contributed by atoms with Crippen LogP contribution in [0.5, 0.6) is 0 Å². The fraction of sp³-hybridized carbons (Fsp3) is 0.250. The summed E-state index contributed by atoms with van der Waals surface area (Å²) in [6.45, 7) is 0.236. The largest absolute Gasteiger partial charge is 0.372 e. The molecule has 9 heteroatoms. The van der Waals surface area contributed by atoms with E-state index in [-0.39, 0.29) is 36.5 Å². The van der Waals surface area contributed by atoms with Crippen LogP contribution in [0.3, 0.4) is 0 Å². The van der Waals surface area contributed by atoms with E-state index in [0.717, 1.165) is 0 Å². The van der Waals surface area contributed by atoms with Crippen LogP contribution in [0.15, 0.2) is 42.5 Å². The smallest absolute Gasteiger partial charge is 0.268 e. The first-order chi connectivity index (χ1) is 13.7. The van der Waals surface area contributed by atoms with Gasteiger partial charge in [0.15, 0.2) is 0 Å². The zero-order chi connectivity index (χ0) is 21.2. The summed E-state index contributed by atoms with van der Waals surface area (Å²) in [5.41, 5.74) is 4.31. The summed E-state index contributed by atoms with van der Waals surface area (Å²) in [4.78, 5) is 37.5. The lowest BCUT2D eigenvalue weighted by atomic mass is 10.0. The Bertz CT molecular complexity index is 946. The molecule has 3 rings (SSSR count). The molecule has 1 heterocycles. The molecule has 1 aliphatic rings. The molecule has 3 amide bonds. The first-order valence-corrected chi connectivity index (χ1v) is 9.26. The molecule has 2 aromatic carbocycles. The molecule has 29 heavy (non-hydrogen) atoms. The summed E-state index contributed by atoms with van der Waals surface area (Å²) in [7, 11) is 0. The summed E-state index contributed by atoms with van der Waals surface area (Å²) in [5, 5.41) is 13.4. The Morgan fingerprint density at radius 3 is 2.55 bits per heavy atom. The second-order valence-corrected chi connectivity index (χ2v) is 7.20. The maximum Gasteiger partial charge on any atom is 0.268 e. The van der Waals surface area contributed by atoms with E-state index in [0.29, 0.717) is 11.3 Å². The van der Waals surface area contributed by atoms with Crippen LogP contribution in [0, 0.1) is 5.82 Å². The molecule has 0 unspecified atom stereocenters. The molecule has 0 bridgehead atoms. The van der Waals surface area contributed by atoms with Crippen LogP contribution >= 0.6 is 11.6 Å². The molecule has 7 nitrogen and oxygen atoms in total. The number of benzene rings is 2. The predicted octanol–water partition coefficient (Wildman–Crippen LogP) is 1.40. The average Bonchev–Trinajstić information content (AvgIpc) is 2.97. The van der Waals surface area contributed by atoms with Gasteiger partial charge in [-0.15, -0.1) is 0 Å². The van der Waals surface area contributed by atoms with Crippen molar-refractivity contribution < 1.29 is 23.9 Å². The zero-order valence-electron chi connectivity index (χ0n) is 15.3. The van der Waals surface area contributed by atoms with E-state index in [1.165, 1.54) is 41.3 Å². The fourth-order valence-electron chi connectivity index (χ4n) is 3.19. The number of nitrogens with two attached hydrogens (primary N) is 1. The molecule has 1 atom stereocenters. The summed E-state index contributed by atoms with van der Waals surface area (Å²) in [6, 6.07) is 10.0. The third-order valence-corrected chi connectivity index (χ3v) is 4.98. The lowest BCUT2D eigenvalue weighted by molar-refractivity contribution is -0.149. The topological polar surface area (TPSA) is 113 Å². The standard InChI is InChI=1S/C20H19ClFN3O4/c21-14-9-12(10-15(22)11-14)5-7-24-18(27)20(29)6-8-25(19(20)28)16-3-1-13(2-4-16)17(23)26/h1-4,9-11,29H,5-8H2,(H2,23,26)(H,24,27)/t20-/m0/s1. The third-order valence-electron chi connectivity index (χ3n) is 4.76. The van der Waals surface area contributed by atoms with Crippen LogP contribution in [-0.4, -0.2) is 41.5 Å². The van der Waals surface area contributed by atoms with Gasteiger partial charge in [-0.05, 0) is 54.4 Å². The Labute approximate surface area is 171 Å². The molecule has 152 valence electrons. The Kier molecular flexibility index (Phi) is 5.86. The van der Waals surface area contributed by atoms with E-state index in [9.17, 15) is 23.9 Å². The number of carbonyl (C=O) groups is 3. The minimum Gasteiger partial charge on any atom is -0.372 e. The van der Waals surface area contributed by atoms with Gasteiger partial charge in [0.1, 0.15) is 5.82 Å². The number of primary amides is 1. The summed E-state index contributed by atoms with van der Waals surface area (Å²) >= 11 is 5.79. The van der Waals surface area contributed by atoms with Gasteiger partial charge in [-0.3, -0.25) is 14.4 Å². The highest BCUT2D eigenvalue weighted by atomic mass is 35.5. The van der Waals surface area contributed by atoms with Gasteiger partial charge < -0.3 is 21.1 Å². The molecule has 1 saturated heterocycles. The Morgan fingerprint density at radius 2 is 1.93 bits per heavy atom. The number of halogens is 2. The number of hydrogen-bond donors (Lipinski definition) is 3. The molecule has 0 radical (unpaired) electrons. The van der Waals surface area contributed by atoms with E-state index >= 15 is 0 Å². The second kappa shape index (κ2) is 8.18. The number of nitrogens with zero attached hydrogens (tertiary/aromatic N) is 1. The van der Waals surface area contributed by atoms with Crippen molar-refractivity contribution in [2.45, 2.75) is 18.4 Å². The Hall–Kier alpha value is -2.97. The van der Waals surface area contributed by atoms with Gasteiger partial charge in [0, 0.05) is 35.8 Å². The van der Waals surface area contributed by atoms with Crippen LogP contribution in [0.25, 0.3) is 0 Å². The monoisotopic (exact) mass is 419 g/mol. The van der Waals surface area contributed by atoms with Crippen molar-refractivity contribution in [3.05, 3.63) is 64.4 Å². The van der Waals surface area contributed by atoms with Gasteiger partial charge in [0.25, 0.3) is 11.8 Å². The minimum absolute atomic E-state index is 0.0823. The summed E-state index contributed by atoms with van der Waals surface area (Å²) in [5.74, 6) is -2.65. The van der Waals surface area contributed by atoms with Crippen molar-refractivity contribution in [3.8, 4) is 0 Å². The maximum atomic E-state index is 13.4. The third kappa shape index (κ3) is 4.38. The van der Waals surface area contributed by atoms with E-state index in [4.69, 9.17) is 17.3 Å². The van der Waals surface area contributed by atoms with Gasteiger partial charge >= 0.3 is 0 Å². The molecule has 0 aliphatic carbocycles. The van der Waals surface area contributed by atoms with E-state index in [1.54, 1.807) is 6.07 Å². The van der Waals surface area contributed by atoms with Crippen LogP contribution < -0.4 is 16.0 Å². The number of anilines is 1. The molecule has 0 spiro atoms. The quantitative estimate of drug-likeness (QED) is 0.614. The Morgan fingerprint density at radius 1 is 1.24 bits per heavy atom. The molecule has 1 aliphatic heterocycles. The lowest BCUT2D eigenvalue weighted by Crippen LogP contribution is -2.52. The number of aliphatic hydroxyl groups is 1. The molecular weight excluding hydrogens is 401 g/mol. The van der Waals surface area contributed by atoms with Gasteiger partial charge in [-0.2, -0.15) is 0 Å². The highest BCUT2D eigenvalue weighted by Gasteiger charge is 2.51. The SMILES string of the molecule is NC(=O)c1ccc(N2CC[C@](O)(C(=O)NCCc3cc(F)cc(Cl)c3)C2=O)cc1. The molecule has 4 N–H and O–H groups in total. The average molecular weight is 420 g/mol. The first kappa shape index (κ1) is 20.8. The molecule has 0 saturated carbocycles. The predicted molar refractivity (Wildman–Crippen MR) is 105 cm³/mol. The van der Waals surface area contributed by atoms with Crippen molar-refractivity contribution in [3.63, 3.8) is 0 Å². The Balaban J connectivity index is 1.63. The van der Waals surface area contributed by atoms with Crippen molar-refractivity contribution in [1.82, 2.24) is 5.32 Å². The molecule has 1 fully saturated rings. The normalized spacial score (nSPS) is 18.7. The van der Waals surface area contributed by atoms with Gasteiger partial charge in [-0.25, -0.2) is 4.39 Å². The highest BCUT2D eigenvalue weighted by molar-refractivity contribution is 6.30. The number of hydrogen-bond acceptors (Lipinski definition) is 4. The number of carbonyl (C=O) groups excluding carboxylic acids is 3. The first-order valence-electron chi connectivity index (χ1n) is 8.88. The highest BCUT2D eigenvalue weighted by Crippen LogP contribution is 2.29. The van der Waals surface area contributed by atoms with Crippen LogP contribution in [0.4, 0.5) is 10.1 Å². The van der Waals surface area contributed by atoms with Gasteiger partial charge in [0.05, 0.1) is 0 Å². The fourth-order valence-corrected chi connectivity index (χ4v) is 3.43. The number of nitrogens with one attached hydrogen (secondary N) is 1. The van der Waals surface area contributed by atoms with Gasteiger partial charge in [0.2, 0.25) is 11.5 Å². The maximum absolute atomic E-state index is 13.4. The van der Waals surface area contributed by atoms with Crippen molar-refractivity contribution in [1.29, 1.82) is 0 Å². The molecule has 2 aromatic rings.